The maximum atomic E-state index is 12.2. The first-order valence-electron chi connectivity index (χ1n) is 10.6. The second-order valence-electron chi connectivity index (χ2n) is 7.72. The summed E-state index contributed by atoms with van der Waals surface area (Å²) in [5.41, 5.74) is 4.97. The Hall–Kier alpha value is -3.13. The molecule has 0 unspecified atom stereocenters. The Labute approximate surface area is 183 Å². The Morgan fingerprint density at radius 2 is 1.87 bits per heavy atom. The van der Waals surface area contributed by atoms with E-state index in [0.717, 1.165) is 36.5 Å². The highest BCUT2D eigenvalue weighted by molar-refractivity contribution is 5.88. The van der Waals surface area contributed by atoms with Crippen molar-refractivity contribution < 1.29 is 14.3 Å². The summed E-state index contributed by atoms with van der Waals surface area (Å²) in [7, 11) is 0. The molecule has 0 atom stereocenters. The number of carbonyl (C=O) groups excluding carboxylic acids is 2. The number of benzene rings is 1. The molecule has 1 fully saturated rings. The average molecular weight is 426 g/mol. The highest BCUT2D eigenvalue weighted by Crippen LogP contribution is 2.15. The fraction of sp³-hybridized carbons (Fsp3) is 0.435. The summed E-state index contributed by atoms with van der Waals surface area (Å²) in [6.45, 7) is 10.4. The number of aryl methyl sites for hydroxylation is 2. The average Bonchev–Trinajstić information content (AvgIpc) is 2.76. The third-order valence-electron chi connectivity index (χ3n) is 5.33. The first-order valence-corrected chi connectivity index (χ1v) is 10.6. The molecule has 0 radical (unpaired) electrons. The molecule has 1 aliphatic rings. The van der Waals surface area contributed by atoms with E-state index in [9.17, 15) is 9.59 Å². The summed E-state index contributed by atoms with van der Waals surface area (Å²) in [4.78, 5) is 32.3. The highest BCUT2D eigenvalue weighted by Gasteiger charge is 2.21. The number of pyridine rings is 1. The van der Waals surface area contributed by atoms with Crippen LogP contribution in [0.4, 0.5) is 15.3 Å². The smallest absolute Gasteiger partial charge is 0.409 e. The minimum absolute atomic E-state index is 0.231. The molecular formula is C23H31N5O3. The van der Waals surface area contributed by atoms with Gasteiger partial charge >= 0.3 is 12.1 Å². The van der Waals surface area contributed by atoms with Crippen LogP contribution in [0, 0.1) is 13.8 Å². The van der Waals surface area contributed by atoms with Crippen molar-refractivity contribution in [3.05, 3.63) is 58.9 Å². The van der Waals surface area contributed by atoms with Crippen LogP contribution in [-0.2, 0) is 17.8 Å². The van der Waals surface area contributed by atoms with E-state index >= 15 is 0 Å². The fourth-order valence-corrected chi connectivity index (χ4v) is 3.47. The first-order chi connectivity index (χ1) is 14.9. The largest absolute Gasteiger partial charge is 0.450 e. The van der Waals surface area contributed by atoms with Gasteiger partial charge in [0.15, 0.2) is 0 Å². The quantitative estimate of drug-likeness (QED) is 0.742. The Balaban J connectivity index is 1.50. The fourth-order valence-electron chi connectivity index (χ4n) is 3.47. The summed E-state index contributed by atoms with van der Waals surface area (Å²) < 4.78 is 5.08. The molecule has 3 rings (SSSR count). The van der Waals surface area contributed by atoms with Crippen molar-refractivity contribution in [1.29, 1.82) is 0 Å². The molecule has 2 heterocycles. The van der Waals surface area contributed by atoms with Gasteiger partial charge in [0.1, 0.15) is 0 Å². The van der Waals surface area contributed by atoms with E-state index in [1.807, 2.05) is 32.9 Å². The van der Waals surface area contributed by atoms with E-state index in [1.165, 1.54) is 5.56 Å². The second kappa shape index (κ2) is 10.8. The Morgan fingerprint density at radius 3 is 2.55 bits per heavy atom. The van der Waals surface area contributed by atoms with Crippen LogP contribution in [0.5, 0.6) is 0 Å². The van der Waals surface area contributed by atoms with Crippen molar-refractivity contribution in [3.63, 3.8) is 0 Å². The number of amides is 3. The van der Waals surface area contributed by atoms with Gasteiger partial charge in [0.2, 0.25) is 0 Å². The lowest BCUT2D eigenvalue weighted by atomic mass is 10.0. The summed E-state index contributed by atoms with van der Waals surface area (Å²) in [6.07, 6.45) is 1.41. The third kappa shape index (κ3) is 6.68. The zero-order valence-electron chi connectivity index (χ0n) is 18.5. The van der Waals surface area contributed by atoms with Crippen LogP contribution in [0.2, 0.25) is 0 Å². The number of anilines is 1. The molecular weight excluding hydrogens is 394 g/mol. The van der Waals surface area contributed by atoms with Gasteiger partial charge in [-0.15, -0.1) is 0 Å². The van der Waals surface area contributed by atoms with Gasteiger partial charge in [-0.1, -0.05) is 18.2 Å². The van der Waals surface area contributed by atoms with Crippen molar-refractivity contribution >= 4 is 17.8 Å². The van der Waals surface area contributed by atoms with Gasteiger partial charge in [-0.2, -0.15) is 0 Å². The van der Waals surface area contributed by atoms with E-state index in [0.29, 0.717) is 31.9 Å². The van der Waals surface area contributed by atoms with Crippen molar-refractivity contribution in [2.45, 2.75) is 33.9 Å². The normalized spacial score (nSPS) is 14.2. The number of hydrogen-bond donors (Lipinski definition) is 2. The third-order valence-corrected chi connectivity index (χ3v) is 5.33. The number of nitrogens with one attached hydrogen (secondary N) is 2. The van der Waals surface area contributed by atoms with Crippen LogP contribution in [-0.4, -0.2) is 59.7 Å². The molecule has 31 heavy (non-hydrogen) atoms. The van der Waals surface area contributed by atoms with Gasteiger partial charge in [-0.3, -0.25) is 9.88 Å². The molecule has 1 aliphatic heterocycles. The number of carbonyl (C=O) groups is 2. The van der Waals surface area contributed by atoms with Crippen molar-refractivity contribution in [2.75, 3.05) is 38.1 Å². The molecule has 166 valence electrons. The van der Waals surface area contributed by atoms with Crippen molar-refractivity contribution in [1.82, 2.24) is 20.1 Å². The summed E-state index contributed by atoms with van der Waals surface area (Å²) >= 11 is 0. The van der Waals surface area contributed by atoms with Crippen LogP contribution < -0.4 is 10.6 Å². The van der Waals surface area contributed by atoms with E-state index in [-0.39, 0.29) is 12.1 Å². The molecule has 1 aromatic heterocycles. The van der Waals surface area contributed by atoms with Gasteiger partial charge in [-0.05, 0) is 49.6 Å². The molecule has 1 saturated heterocycles. The zero-order valence-corrected chi connectivity index (χ0v) is 18.5. The molecule has 2 aromatic rings. The highest BCUT2D eigenvalue weighted by atomic mass is 16.6. The molecule has 0 spiro atoms. The van der Waals surface area contributed by atoms with E-state index in [4.69, 9.17) is 4.74 Å². The lowest BCUT2D eigenvalue weighted by Crippen LogP contribution is -2.48. The number of urea groups is 1. The van der Waals surface area contributed by atoms with Gasteiger partial charge in [0.05, 0.1) is 18.5 Å². The minimum Gasteiger partial charge on any atom is -0.450 e. The SMILES string of the molecule is CCOC(=O)N1CCN(Cc2ccc(C)c(CNC(=O)Nc3ccc(C)nc3)c2)CC1. The van der Waals surface area contributed by atoms with Gasteiger partial charge in [0, 0.05) is 45.0 Å². The van der Waals surface area contributed by atoms with Crippen molar-refractivity contribution in [2.24, 2.45) is 0 Å². The second-order valence-corrected chi connectivity index (χ2v) is 7.72. The van der Waals surface area contributed by atoms with E-state index in [1.54, 1.807) is 11.1 Å². The predicted octanol–water partition coefficient (Wildman–Crippen LogP) is 3.29. The van der Waals surface area contributed by atoms with Gasteiger partial charge in [-0.25, -0.2) is 9.59 Å². The van der Waals surface area contributed by atoms with Gasteiger partial charge in [0.25, 0.3) is 0 Å². The van der Waals surface area contributed by atoms with Crippen LogP contribution in [0.15, 0.2) is 36.5 Å². The van der Waals surface area contributed by atoms with Crippen molar-refractivity contribution in [3.8, 4) is 0 Å². The van der Waals surface area contributed by atoms with Crippen LogP contribution >= 0.6 is 0 Å². The molecule has 8 nitrogen and oxygen atoms in total. The summed E-state index contributed by atoms with van der Waals surface area (Å²) in [5, 5.41) is 5.71. The zero-order chi connectivity index (χ0) is 22.2. The van der Waals surface area contributed by atoms with E-state index in [2.05, 4.69) is 38.7 Å². The van der Waals surface area contributed by atoms with E-state index < -0.39 is 0 Å². The van der Waals surface area contributed by atoms with Crippen LogP contribution in [0.3, 0.4) is 0 Å². The molecule has 0 saturated carbocycles. The number of aromatic nitrogens is 1. The lowest BCUT2D eigenvalue weighted by molar-refractivity contribution is 0.0778. The molecule has 0 bridgehead atoms. The molecule has 2 N–H and O–H groups in total. The Bertz CT molecular complexity index is 893. The number of rotatable bonds is 6. The molecule has 1 aromatic carbocycles. The van der Waals surface area contributed by atoms with Crippen LogP contribution in [0.25, 0.3) is 0 Å². The number of piperazine rings is 1. The predicted molar refractivity (Wildman–Crippen MR) is 120 cm³/mol. The van der Waals surface area contributed by atoms with Crippen LogP contribution in [0.1, 0.15) is 29.3 Å². The molecule has 0 aliphatic carbocycles. The first kappa shape index (κ1) is 22.6. The lowest BCUT2D eigenvalue weighted by Gasteiger charge is -2.34. The minimum atomic E-state index is -0.259. The number of nitrogens with zero attached hydrogens (tertiary/aromatic N) is 3. The maximum Gasteiger partial charge on any atom is 0.409 e. The standard InChI is InChI=1S/C23H31N5O3/c1-4-31-23(30)28-11-9-27(10-12-28)16-19-7-5-17(2)20(13-19)14-25-22(29)26-21-8-6-18(3)24-15-21/h5-8,13,15H,4,9-12,14,16H2,1-3H3,(H2,25,26,29). The Morgan fingerprint density at radius 1 is 1.10 bits per heavy atom. The number of hydrogen-bond acceptors (Lipinski definition) is 5. The summed E-state index contributed by atoms with van der Waals surface area (Å²) in [5.74, 6) is 0. The Kier molecular flexibility index (Phi) is 7.83. The number of ether oxygens (including phenoxy) is 1. The summed E-state index contributed by atoms with van der Waals surface area (Å²) in [6, 6.07) is 9.77. The monoisotopic (exact) mass is 425 g/mol. The molecule has 3 amide bonds. The maximum absolute atomic E-state index is 12.2. The van der Waals surface area contributed by atoms with Gasteiger partial charge < -0.3 is 20.3 Å². The topological polar surface area (TPSA) is 86.8 Å². The molecule has 8 heteroatoms.